The van der Waals surface area contributed by atoms with E-state index in [0.717, 1.165) is 13.2 Å². The lowest BCUT2D eigenvalue weighted by Gasteiger charge is -2.23. The van der Waals surface area contributed by atoms with Gasteiger partial charge in [-0.3, -0.25) is 0 Å². The van der Waals surface area contributed by atoms with Crippen molar-refractivity contribution in [1.82, 2.24) is 0 Å². The molecule has 0 aromatic rings. The predicted molar refractivity (Wildman–Crippen MR) is 119 cm³/mol. The molecule has 158 valence electrons. The lowest BCUT2D eigenvalue weighted by molar-refractivity contribution is 0.172. The fourth-order valence-corrected chi connectivity index (χ4v) is 4.68. The van der Waals surface area contributed by atoms with Crippen LogP contribution in [0.3, 0.4) is 0 Å². The summed E-state index contributed by atoms with van der Waals surface area (Å²) in [5, 5.41) is 0. The van der Waals surface area contributed by atoms with Crippen LogP contribution < -0.4 is 0 Å². The second-order valence-corrected chi connectivity index (χ2v) is 11.8. The van der Waals surface area contributed by atoms with Gasteiger partial charge in [0, 0.05) is 13.2 Å². The average Bonchev–Trinajstić information content (AvgIpc) is 2.62. The maximum atomic E-state index is 6.08. The van der Waals surface area contributed by atoms with Crippen molar-refractivity contribution in [3.05, 3.63) is 0 Å². The van der Waals surface area contributed by atoms with Crippen LogP contribution in [0.2, 0.25) is 13.1 Å². The van der Waals surface area contributed by atoms with Crippen LogP contribution >= 0.6 is 0 Å². The second kappa shape index (κ2) is 19.9. The Bertz CT molecular complexity index is 269. The summed E-state index contributed by atoms with van der Waals surface area (Å²) in [6, 6.07) is 0. The number of hydrogen-bond acceptors (Lipinski definition) is 2. The van der Waals surface area contributed by atoms with Crippen LogP contribution in [0.5, 0.6) is 0 Å². The van der Waals surface area contributed by atoms with Crippen molar-refractivity contribution in [3.63, 3.8) is 0 Å². The summed E-state index contributed by atoms with van der Waals surface area (Å²) in [6.07, 6.45) is 23.2. The molecule has 0 N–H and O–H groups in total. The molecule has 0 saturated carbocycles. The van der Waals surface area contributed by atoms with Gasteiger partial charge in [0.05, 0.1) is 0 Å². The fourth-order valence-electron chi connectivity index (χ4n) is 3.33. The van der Waals surface area contributed by atoms with Gasteiger partial charge in [0.1, 0.15) is 0 Å². The molecule has 26 heavy (non-hydrogen) atoms. The minimum Gasteiger partial charge on any atom is -0.395 e. The van der Waals surface area contributed by atoms with Gasteiger partial charge in [-0.2, -0.15) is 0 Å². The molecule has 0 spiro atoms. The van der Waals surface area contributed by atoms with E-state index in [0.29, 0.717) is 0 Å². The molecule has 0 aromatic carbocycles. The second-order valence-electron chi connectivity index (χ2n) is 8.40. The van der Waals surface area contributed by atoms with Crippen LogP contribution in [0.25, 0.3) is 0 Å². The summed E-state index contributed by atoms with van der Waals surface area (Å²) in [5.41, 5.74) is 0. The van der Waals surface area contributed by atoms with E-state index >= 15 is 0 Å². The maximum absolute atomic E-state index is 6.08. The quantitative estimate of drug-likeness (QED) is 0.146. The van der Waals surface area contributed by atoms with E-state index in [4.69, 9.17) is 8.85 Å². The highest BCUT2D eigenvalue weighted by Crippen LogP contribution is 2.13. The number of rotatable bonds is 21. The summed E-state index contributed by atoms with van der Waals surface area (Å²) >= 11 is 0. The van der Waals surface area contributed by atoms with E-state index in [2.05, 4.69) is 26.9 Å². The SMILES string of the molecule is CCCCCCCCCCCO[Si](C)(C)OCCCCCCCCCC. The van der Waals surface area contributed by atoms with Crippen molar-refractivity contribution >= 4 is 8.56 Å². The smallest absolute Gasteiger partial charge is 0.331 e. The summed E-state index contributed by atoms with van der Waals surface area (Å²) in [4.78, 5) is 0. The predicted octanol–water partition coefficient (Wildman–Crippen LogP) is 8.39. The van der Waals surface area contributed by atoms with Gasteiger partial charge in [-0.15, -0.1) is 0 Å². The Hall–Kier alpha value is 0.137. The zero-order valence-electron chi connectivity index (χ0n) is 18.8. The molecule has 0 fully saturated rings. The highest BCUT2D eigenvalue weighted by atomic mass is 28.4. The first-order valence-electron chi connectivity index (χ1n) is 11.9. The molecule has 0 amide bonds. The zero-order chi connectivity index (χ0) is 19.3. The molecular weight excluding hydrogens is 336 g/mol. The van der Waals surface area contributed by atoms with Crippen LogP contribution in [0.15, 0.2) is 0 Å². The van der Waals surface area contributed by atoms with Gasteiger partial charge in [-0.1, -0.05) is 110 Å². The summed E-state index contributed by atoms with van der Waals surface area (Å²) in [7, 11) is -1.88. The minimum atomic E-state index is -1.88. The zero-order valence-corrected chi connectivity index (χ0v) is 19.8. The third kappa shape index (κ3) is 20.4. The molecule has 0 heterocycles. The standard InChI is InChI=1S/C23H50O2Si/c1-5-7-9-11-13-15-17-19-21-23-25-26(3,4)24-22-20-18-16-14-12-10-8-6-2/h5-23H2,1-4H3. The molecule has 0 unspecified atom stereocenters. The lowest BCUT2D eigenvalue weighted by Crippen LogP contribution is -2.35. The van der Waals surface area contributed by atoms with E-state index in [1.807, 2.05) is 0 Å². The van der Waals surface area contributed by atoms with Gasteiger partial charge in [-0.05, 0) is 25.9 Å². The Morgan fingerprint density at radius 1 is 0.423 bits per heavy atom. The maximum Gasteiger partial charge on any atom is 0.331 e. The van der Waals surface area contributed by atoms with Gasteiger partial charge in [-0.25, -0.2) is 0 Å². The van der Waals surface area contributed by atoms with Gasteiger partial charge < -0.3 is 8.85 Å². The molecule has 0 atom stereocenters. The van der Waals surface area contributed by atoms with E-state index in [1.165, 1.54) is 109 Å². The summed E-state index contributed by atoms with van der Waals surface area (Å²) in [6.45, 7) is 10.8. The Morgan fingerprint density at radius 3 is 1.00 bits per heavy atom. The topological polar surface area (TPSA) is 18.5 Å². The molecule has 0 aliphatic carbocycles. The van der Waals surface area contributed by atoms with E-state index in [-0.39, 0.29) is 0 Å². The molecule has 0 aromatic heterocycles. The normalized spacial score (nSPS) is 12.0. The van der Waals surface area contributed by atoms with Crippen LogP contribution in [0, 0.1) is 0 Å². The molecular formula is C23H50O2Si. The van der Waals surface area contributed by atoms with Crippen molar-refractivity contribution in [3.8, 4) is 0 Å². The van der Waals surface area contributed by atoms with Crippen molar-refractivity contribution in [2.75, 3.05) is 13.2 Å². The first-order chi connectivity index (χ1) is 12.6. The average molecular weight is 387 g/mol. The summed E-state index contributed by atoms with van der Waals surface area (Å²) < 4.78 is 12.2. The van der Waals surface area contributed by atoms with Crippen molar-refractivity contribution < 1.29 is 8.85 Å². The first-order valence-corrected chi connectivity index (χ1v) is 14.7. The molecule has 0 radical (unpaired) electrons. The van der Waals surface area contributed by atoms with E-state index in [1.54, 1.807) is 0 Å². The third-order valence-electron chi connectivity index (χ3n) is 5.15. The first kappa shape index (κ1) is 26.1. The van der Waals surface area contributed by atoms with Crippen LogP contribution in [0.1, 0.15) is 123 Å². The van der Waals surface area contributed by atoms with Gasteiger partial charge in [0.25, 0.3) is 0 Å². The van der Waals surface area contributed by atoms with E-state index < -0.39 is 8.56 Å². The largest absolute Gasteiger partial charge is 0.395 e. The number of hydrogen-bond donors (Lipinski definition) is 0. The fraction of sp³-hybridized carbons (Fsp3) is 1.00. The molecule has 0 rings (SSSR count). The molecule has 0 bridgehead atoms. The van der Waals surface area contributed by atoms with Gasteiger partial charge >= 0.3 is 8.56 Å². The van der Waals surface area contributed by atoms with Crippen molar-refractivity contribution in [2.24, 2.45) is 0 Å². The third-order valence-corrected chi connectivity index (χ3v) is 6.94. The summed E-state index contributed by atoms with van der Waals surface area (Å²) in [5.74, 6) is 0. The Kier molecular flexibility index (Phi) is 20.0. The molecule has 0 aliphatic rings. The highest BCUT2D eigenvalue weighted by Gasteiger charge is 2.23. The van der Waals surface area contributed by atoms with Crippen molar-refractivity contribution in [2.45, 2.75) is 136 Å². The van der Waals surface area contributed by atoms with E-state index in [9.17, 15) is 0 Å². The van der Waals surface area contributed by atoms with Crippen LogP contribution in [-0.2, 0) is 8.85 Å². The number of unbranched alkanes of at least 4 members (excludes halogenated alkanes) is 15. The van der Waals surface area contributed by atoms with Gasteiger partial charge in [0.2, 0.25) is 0 Å². The Balaban J connectivity index is 3.31. The van der Waals surface area contributed by atoms with Crippen LogP contribution in [0.4, 0.5) is 0 Å². The molecule has 0 saturated heterocycles. The Morgan fingerprint density at radius 2 is 0.692 bits per heavy atom. The lowest BCUT2D eigenvalue weighted by atomic mass is 10.1. The molecule has 2 nitrogen and oxygen atoms in total. The van der Waals surface area contributed by atoms with Gasteiger partial charge in [0.15, 0.2) is 0 Å². The Labute approximate surface area is 167 Å². The molecule has 0 aliphatic heterocycles. The van der Waals surface area contributed by atoms with Crippen LogP contribution in [-0.4, -0.2) is 21.8 Å². The highest BCUT2D eigenvalue weighted by molar-refractivity contribution is 6.64. The molecule has 3 heteroatoms. The minimum absolute atomic E-state index is 0.895. The monoisotopic (exact) mass is 386 g/mol. The van der Waals surface area contributed by atoms with Crippen molar-refractivity contribution in [1.29, 1.82) is 0 Å².